The van der Waals surface area contributed by atoms with Crippen LogP contribution in [-0.4, -0.2) is 36.0 Å². The maximum atomic E-state index is 11.8. The molecule has 23 heavy (non-hydrogen) atoms. The van der Waals surface area contributed by atoms with Crippen LogP contribution < -0.4 is 15.4 Å². The lowest BCUT2D eigenvalue weighted by Gasteiger charge is -2.09. The summed E-state index contributed by atoms with van der Waals surface area (Å²) in [7, 11) is 0. The minimum atomic E-state index is -0.925. The zero-order valence-electron chi connectivity index (χ0n) is 12.9. The molecule has 2 atom stereocenters. The van der Waals surface area contributed by atoms with Crippen molar-refractivity contribution in [2.24, 2.45) is 11.8 Å². The number of carboxylic acid groups (broad SMARTS) is 1. The average Bonchev–Trinajstić information content (AvgIpc) is 3.32. The van der Waals surface area contributed by atoms with Gasteiger partial charge in [-0.2, -0.15) is 0 Å². The molecule has 2 rings (SSSR count). The maximum Gasteiger partial charge on any atom is 0.307 e. The lowest BCUT2D eigenvalue weighted by Crippen LogP contribution is -2.28. The Morgan fingerprint density at radius 2 is 2.04 bits per heavy atom. The van der Waals surface area contributed by atoms with E-state index in [-0.39, 0.29) is 18.4 Å². The first kappa shape index (κ1) is 16.8. The normalized spacial score (nSPS) is 18.8. The van der Waals surface area contributed by atoms with Gasteiger partial charge in [-0.25, -0.2) is 0 Å². The smallest absolute Gasteiger partial charge is 0.307 e. The second kappa shape index (κ2) is 7.62. The number of hydrogen-bond acceptors (Lipinski definition) is 4. The quantitative estimate of drug-likeness (QED) is 0.648. The molecular weight excluding hydrogens is 300 g/mol. The molecule has 0 spiro atoms. The third-order valence-corrected chi connectivity index (χ3v) is 3.55. The molecule has 1 aliphatic carbocycles. The van der Waals surface area contributed by atoms with Gasteiger partial charge in [-0.05, 0) is 31.0 Å². The number of likely N-dealkylation sites (N-methyl/N-ethyl adjacent to an activating group) is 1. The van der Waals surface area contributed by atoms with Gasteiger partial charge in [0.2, 0.25) is 5.91 Å². The van der Waals surface area contributed by atoms with Crippen LogP contribution in [0.2, 0.25) is 0 Å². The third kappa shape index (κ3) is 4.98. The molecule has 1 aromatic carbocycles. The number of carboxylic acids is 1. The van der Waals surface area contributed by atoms with Crippen molar-refractivity contribution in [3.05, 3.63) is 29.8 Å². The summed E-state index contributed by atoms with van der Waals surface area (Å²) in [6, 6.07) is 7.06. The summed E-state index contributed by atoms with van der Waals surface area (Å²) >= 11 is 0. The number of carbonyl (C=O) groups is 3. The van der Waals surface area contributed by atoms with Gasteiger partial charge in [0.15, 0.2) is 6.61 Å². The summed E-state index contributed by atoms with van der Waals surface area (Å²) in [6.45, 7) is 2.61. The van der Waals surface area contributed by atoms with Gasteiger partial charge in [0.25, 0.3) is 5.91 Å². The number of amides is 2. The van der Waals surface area contributed by atoms with Crippen molar-refractivity contribution in [1.29, 1.82) is 0 Å². The summed E-state index contributed by atoms with van der Waals surface area (Å²) in [6.07, 6.45) is 0.400. The Hall–Kier alpha value is -2.57. The van der Waals surface area contributed by atoms with Crippen molar-refractivity contribution in [1.82, 2.24) is 10.6 Å². The Bertz CT molecular complexity index is 602. The van der Waals surface area contributed by atoms with Crippen molar-refractivity contribution < 1.29 is 24.2 Å². The largest absolute Gasteiger partial charge is 0.484 e. The van der Waals surface area contributed by atoms with Gasteiger partial charge < -0.3 is 20.5 Å². The van der Waals surface area contributed by atoms with E-state index < -0.39 is 17.8 Å². The number of carbonyl (C=O) groups excluding carboxylic acids is 2. The van der Waals surface area contributed by atoms with Crippen LogP contribution in [0.1, 0.15) is 18.9 Å². The Labute approximate surface area is 134 Å². The Morgan fingerprint density at radius 3 is 2.70 bits per heavy atom. The number of rotatable bonds is 8. The van der Waals surface area contributed by atoms with E-state index in [4.69, 9.17) is 9.84 Å². The number of aliphatic carboxylic acids is 1. The fourth-order valence-corrected chi connectivity index (χ4v) is 2.22. The van der Waals surface area contributed by atoms with Crippen LogP contribution in [-0.2, 0) is 20.9 Å². The number of hydrogen-bond donors (Lipinski definition) is 3. The molecule has 0 saturated heterocycles. The molecule has 124 valence electrons. The summed E-state index contributed by atoms with van der Waals surface area (Å²) in [5, 5.41) is 14.2. The minimum Gasteiger partial charge on any atom is -0.484 e. The first-order chi connectivity index (χ1) is 11.0. The van der Waals surface area contributed by atoms with Gasteiger partial charge in [-0.3, -0.25) is 14.4 Å². The van der Waals surface area contributed by atoms with Gasteiger partial charge in [-0.15, -0.1) is 0 Å². The first-order valence-corrected chi connectivity index (χ1v) is 7.50. The predicted octanol–water partition coefficient (Wildman–Crippen LogP) is 0.538. The van der Waals surface area contributed by atoms with Crippen molar-refractivity contribution in [3.63, 3.8) is 0 Å². The van der Waals surface area contributed by atoms with E-state index in [1.165, 1.54) is 0 Å². The molecule has 0 bridgehead atoms. The summed E-state index contributed by atoms with van der Waals surface area (Å²) in [5.74, 6) is -1.80. The van der Waals surface area contributed by atoms with Crippen LogP contribution in [0.15, 0.2) is 24.3 Å². The van der Waals surface area contributed by atoms with E-state index >= 15 is 0 Å². The molecule has 0 aliphatic heterocycles. The lowest BCUT2D eigenvalue weighted by molar-refractivity contribution is -0.140. The van der Waals surface area contributed by atoms with Gasteiger partial charge in [-0.1, -0.05) is 12.1 Å². The highest BCUT2D eigenvalue weighted by atomic mass is 16.5. The van der Waals surface area contributed by atoms with E-state index in [1.807, 2.05) is 13.0 Å². The van der Waals surface area contributed by atoms with E-state index in [0.717, 1.165) is 5.56 Å². The van der Waals surface area contributed by atoms with Gasteiger partial charge >= 0.3 is 5.97 Å². The third-order valence-electron chi connectivity index (χ3n) is 3.55. The highest BCUT2D eigenvalue weighted by Crippen LogP contribution is 2.38. The zero-order valence-corrected chi connectivity index (χ0v) is 12.9. The van der Waals surface area contributed by atoms with Crippen LogP contribution >= 0.6 is 0 Å². The van der Waals surface area contributed by atoms with Gasteiger partial charge in [0.05, 0.1) is 11.8 Å². The van der Waals surface area contributed by atoms with Crippen LogP contribution in [0.25, 0.3) is 0 Å². The fraction of sp³-hybridized carbons (Fsp3) is 0.438. The molecular formula is C16H20N2O5. The maximum absolute atomic E-state index is 11.8. The van der Waals surface area contributed by atoms with Crippen molar-refractivity contribution >= 4 is 17.8 Å². The topological polar surface area (TPSA) is 105 Å². The van der Waals surface area contributed by atoms with Crippen LogP contribution in [0.3, 0.4) is 0 Å². The molecule has 2 unspecified atom stereocenters. The van der Waals surface area contributed by atoms with Crippen molar-refractivity contribution in [2.75, 3.05) is 13.2 Å². The van der Waals surface area contributed by atoms with Crippen molar-refractivity contribution in [2.45, 2.75) is 19.9 Å². The number of ether oxygens (including phenoxy) is 1. The Balaban J connectivity index is 1.80. The molecule has 7 nitrogen and oxygen atoms in total. The summed E-state index contributed by atoms with van der Waals surface area (Å²) in [5.41, 5.74) is 0.819. The van der Waals surface area contributed by atoms with Gasteiger partial charge in [0, 0.05) is 13.1 Å². The first-order valence-electron chi connectivity index (χ1n) is 7.50. The number of nitrogens with one attached hydrogen (secondary N) is 2. The second-order valence-electron chi connectivity index (χ2n) is 5.39. The summed E-state index contributed by atoms with van der Waals surface area (Å²) in [4.78, 5) is 33.9. The number of benzene rings is 1. The van der Waals surface area contributed by atoms with Crippen LogP contribution in [0.5, 0.6) is 5.75 Å². The Morgan fingerprint density at radius 1 is 1.26 bits per heavy atom. The monoisotopic (exact) mass is 320 g/mol. The fourth-order valence-electron chi connectivity index (χ4n) is 2.22. The minimum absolute atomic E-state index is 0.0635. The highest BCUT2D eigenvalue weighted by molar-refractivity contribution is 5.89. The van der Waals surface area contributed by atoms with Crippen LogP contribution in [0.4, 0.5) is 0 Å². The van der Waals surface area contributed by atoms with E-state index in [0.29, 0.717) is 25.3 Å². The molecule has 1 fully saturated rings. The lowest BCUT2D eigenvalue weighted by atomic mass is 10.2. The zero-order chi connectivity index (χ0) is 16.8. The summed E-state index contributed by atoms with van der Waals surface area (Å²) < 4.78 is 5.37. The van der Waals surface area contributed by atoms with E-state index in [1.54, 1.807) is 18.2 Å². The van der Waals surface area contributed by atoms with Crippen molar-refractivity contribution in [3.8, 4) is 5.75 Å². The van der Waals surface area contributed by atoms with E-state index in [2.05, 4.69) is 10.6 Å². The highest BCUT2D eigenvalue weighted by Gasteiger charge is 2.48. The Kier molecular flexibility index (Phi) is 5.56. The van der Waals surface area contributed by atoms with Gasteiger partial charge in [0.1, 0.15) is 5.75 Å². The van der Waals surface area contributed by atoms with Crippen LogP contribution in [0, 0.1) is 11.8 Å². The SMILES string of the molecule is CCNC(=O)COc1cccc(CNC(=O)C2CC2C(=O)O)c1. The molecule has 1 aromatic rings. The molecule has 7 heteroatoms. The second-order valence-corrected chi connectivity index (χ2v) is 5.39. The molecule has 2 amide bonds. The molecule has 0 aromatic heterocycles. The standard InChI is InChI=1S/C16H20N2O5/c1-2-17-14(19)9-23-11-5-3-4-10(6-11)8-18-15(20)12-7-13(12)16(21)22/h3-6,12-13H,2,7-9H2,1H3,(H,17,19)(H,18,20)(H,21,22). The molecule has 0 radical (unpaired) electrons. The molecule has 1 aliphatic rings. The predicted molar refractivity (Wildman–Crippen MR) is 81.7 cm³/mol. The average molecular weight is 320 g/mol. The molecule has 1 saturated carbocycles. The molecule has 3 N–H and O–H groups in total. The molecule has 0 heterocycles. The van der Waals surface area contributed by atoms with E-state index in [9.17, 15) is 14.4 Å².